The zero-order valence-electron chi connectivity index (χ0n) is 11.9. The number of hydrogen-bond acceptors (Lipinski definition) is 4. The van der Waals surface area contributed by atoms with Crippen LogP contribution >= 0.6 is 11.3 Å². The molecule has 0 saturated heterocycles. The van der Waals surface area contributed by atoms with Gasteiger partial charge >= 0.3 is 0 Å². The van der Waals surface area contributed by atoms with Gasteiger partial charge in [-0.2, -0.15) is 0 Å². The summed E-state index contributed by atoms with van der Waals surface area (Å²) in [6.45, 7) is 0. The molecule has 3 rings (SSSR count). The number of nitrogens with zero attached hydrogens (tertiary/aromatic N) is 1. The average molecular weight is 297 g/mol. The highest BCUT2D eigenvalue weighted by molar-refractivity contribution is 7.13. The molecule has 0 radical (unpaired) electrons. The molecule has 0 aliphatic heterocycles. The Morgan fingerprint density at radius 2 is 1.76 bits per heavy atom. The smallest absolute Gasteiger partial charge is 0.129 e. The first-order valence-corrected chi connectivity index (χ1v) is 7.43. The molecule has 0 aliphatic carbocycles. The van der Waals surface area contributed by atoms with Crippen molar-refractivity contribution in [2.24, 2.45) is 0 Å². The Kier molecular flexibility index (Phi) is 3.88. The van der Waals surface area contributed by atoms with Gasteiger partial charge in [0.1, 0.15) is 16.5 Å². The van der Waals surface area contributed by atoms with E-state index in [1.54, 1.807) is 25.6 Å². The zero-order chi connectivity index (χ0) is 14.7. The van der Waals surface area contributed by atoms with Gasteiger partial charge in [0.15, 0.2) is 0 Å². The number of methoxy groups -OCH3 is 2. The van der Waals surface area contributed by atoms with Gasteiger partial charge in [0, 0.05) is 10.9 Å². The van der Waals surface area contributed by atoms with Crippen LogP contribution in [0.5, 0.6) is 11.5 Å². The van der Waals surface area contributed by atoms with Crippen LogP contribution in [-0.2, 0) is 0 Å². The molecule has 0 saturated carbocycles. The van der Waals surface area contributed by atoms with E-state index in [9.17, 15) is 0 Å². The van der Waals surface area contributed by atoms with E-state index in [1.807, 2.05) is 36.4 Å². The van der Waals surface area contributed by atoms with Crippen molar-refractivity contribution in [2.45, 2.75) is 0 Å². The Labute approximate surface area is 127 Å². The van der Waals surface area contributed by atoms with Gasteiger partial charge in [-0.15, -0.1) is 11.3 Å². The monoisotopic (exact) mass is 297 g/mol. The van der Waals surface area contributed by atoms with Crippen molar-refractivity contribution in [3.63, 3.8) is 0 Å². The Hall–Kier alpha value is -2.33. The van der Waals surface area contributed by atoms with Crippen LogP contribution in [-0.4, -0.2) is 19.2 Å². The molecule has 0 amide bonds. The molecule has 1 heterocycles. The van der Waals surface area contributed by atoms with Crippen molar-refractivity contribution in [2.75, 3.05) is 14.2 Å². The fourth-order valence-electron chi connectivity index (χ4n) is 2.12. The third-order valence-electron chi connectivity index (χ3n) is 3.21. The van der Waals surface area contributed by atoms with Crippen LogP contribution < -0.4 is 9.47 Å². The average Bonchev–Trinajstić information content (AvgIpc) is 3.05. The lowest BCUT2D eigenvalue weighted by molar-refractivity contribution is 0.404. The molecular formula is C17H15NO2S. The number of rotatable bonds is 4. The van der Waals surface area contributed by atoms with Crippen LogP contribution in [0.1, 0.15) is 0 Å². The van der Waals surface area contributed by atoms with Crippen LogP contribution in [0.4, 0.5) is 0 Å². The second kappa shape index (κ2) is 5.97. The molecule has 106 valence electrons. The van der Waals surface area contributed by atoms with Gasteiger partial charge in [0.25, 0.3) is 0 Å². The summed E-state index contributed by atoms with van der Waals surface area (Å²) in [4.78, 5) is 4.72. The zero-order valence-corrected chi connectivity index (χ0v) is 12.7. The summed E-state index contributed by atoms with van der Waals surface area (Å²) in [6, 6.07) is 15.9. The maximum absolute atomic E-state index is 5.43. The second-order valence-electron chi connectivity index (χ2n) is 4.47. The summed E-state index contributed by atoms with van der Waals surface area (Å²) in [7, 11) is 3.32. The van der Waals surface area contributed by atoms with Gasteiger partial charge in [0.2, 0.25) is 0 Å². The quantitative estimate of drug-likeness (QED) is 0.711. The molecule has 1 aromatic heterocycles. The number of aromatic nitrogens is 1. The van der Waals surface area contributed by atoms with E-state index in [0.29, 0.717) is 0 Å². The van der Waals surface area contributed by atoms with Crippen LogP contribution in [0.2, 0.25) is 0 Å². The molecule has 3 nitrogen and oxygen atoms in total. The van der Waals surface area contributed by atoms with E-state index in [1.165, 1.54) is 0 Å². The lowest BCUT2D eigenvalue weighted by Crippen LogP contribution is -1.90. The van der Waals surface area contributed by atoms with E-state index in [0.717, 1.165) is 33.3 Å². The third-order valence-corrected chi connectivity index (χ3v) is 4.09. The summed E-state index contributed by atoms with van der Waals surface area (Å²) < 4.78 is 10.7. The number of thiazole rings is 1. The van der Waals surface area contributed by atoms with Crippen LogP contribution in [0.3, 0.4) is 0 Å². The molecule has 0 bridgehead atoms. The molecule has 2 aromatic carbocycles. The minimum Gasteiger partial charge on any atom is -0.497 e. The SMILES string of the molecule is COc1ccc(OC)c(-c2nc(-c3ccccc3)cs2)c1. The van der Waals surface area contributed by atoms with Gasteiger partial charge in [-0.3, -0.25) is 0 Å². The lowest BCUT2D eigenvalue weighted by atomic mass is 10.1. The number of hydrogen-bond donors (Lipinski definition) is 0. The van der Waals surface area contributed by atoms with E-state index in [-0.39, 0.29) is 0 Å². The van der Waals surface area contributed by atoms with Gasteiger partial charge in [-0.05, 0) is 18.2 Å². The Morgan fingerprint density at radius 1 is 0.952 bits per heavy atom. The maximum atomic E-state index is 5.43. The first-order chi connectivity index (χ1) is 10.3. The minimum absolute atomic E-state index is 0.794. The molecule has 0 spiro atoms. The summed E-state index contributed by atoms with van der Waals surface area (Å²) in [5.74, 6) is 1.59. The lowest BCUT2D eigenvalue weighted by Gasteiger charge is -2.08. The van der Waals surface area contributed by atoms with Gasteiger partial charge in [-0.1, -0.05) is 30.3 Å². The van der Waals surface area contributed by atoms with Crippen molar-refractivity contribution in [1.82, 2.24) is 4.98 Å². The van der Waals surface area contributed by atoms with Crippen LogP contribution in [0.25, 0.3) is 21.8 Å². The fourth-order valence-corrected chi connectivity index (χ4v) is 2.97. The highest BCUT2D eigenvalue weighted by Gasteiger charge is 2.12. The van der Waals surface area contributed by atoms with Crippen molar-refractivity contribution in [1.29, 1.82) is 0 Å². The topological polar surface area (TPSA) is 31.4 Å². The van der Waals surface area contributed by atoms with E-state index in [2.05, 4.69) is 17.5 Å². The molecule has 0 unspecified atom stereocenters. The van der Waals surface area contributed by atoms with Gasteiger partial charge in [-0.25, -0.2) is 4.98 Å². The van der Waals surface area contributed by atoms with Gasteiger partial charge in [0.05, 0.1) is 25.5 Å². The Balaban J connectivity index is 2.04. The molecular weight excluding hydrogens is 282 g/mol. The first kappa shape index (κ1) is 13.6. The summed E-state index contributed by atoms with van der Waals surface area (Å²) in [6.07, 6.45) is 0. The summed E-state index contributed by atoms with van der Waals surface area (Å²) in [5.41, 5.74) is 3.03. The predicted molar refractivity (Wildman–Crippen MR) is 86.1 cm³/mol. The summed E-state index contributed by atoms with van der Waals surface area (Å²) >= 11 is 1.60. The normalized spacial score (nSPS) is 10.4. The van der Waals surface area contributed by atoms with Crippen molar-refractivity contribution >= 4 is 11.3 Å². The minimum atomic E-state index is 0.794. The standard InChI is InChI=1S/C17H15NO2S/c1-19-13-8-9-16(20-2)14(10-13)17-18-15(11-21-17)12-6-4-3-5-7-12/h3-11H,1-2H3. The first-order valence-electron chi connectivity index (χ1n) is 6.55. The molecule has 0 aliphatic rings. The molecule has 0 N–H and O–H groups in total. The molecule has 4 heteroatoms. The Bertz CT molecular complexity index is 738. The summed E-state index contributed by atoms with van der Waals surface area (Å²) in [5, 5.41) is 2.98. The molecule has 0 fully saturated rings. The van der Waals surface area contributed by atoms with Crippen molar-refractivity contribution < 1.29 is 9.47 Å². The second-order valence-corrected chi connectivity index (χ2v) is 5.33. The molecule has 0 atom stereocenters. The third kappa shape index (κ3) is 2.76. The van der Waals surface area contributed by atoms with E-state index < -0.39 is 0 Å². The van der Waals surface area contributed by atoms with Crippen molar-refractivity contribution in [3.05, 3.63) is 53.9 Å². The Morgan fingerprint density at radius 3 is 2.48 bits per heavy atom. The highest BCUT2D eigenvalue weighted by Crippen LogP contribution is 2.36. The molecule has 21 heavy (non-hydrogen) atoms. The van der Waals surface area contributed by atoms with Crippen LogP contribution in [0.15, 0.2) is 53.9 Å². The van der Waals surface area contributed by atoms with Crippen LogP contribution in [0, 0.1) is 0 Å². The van der Waals surface area contributed by atoms with E-state index >= 15 is 0 Å². The fraction of sp³-hybridized carbons (Fsp3) is 0.118. The van der Waals surface area contributed by atoms with Gasteiger partial charge < -0.3 is 9.47 Å². The number of ether oxygens (including phenoxy) is 2. The van der Waals surface area contributed by atoms with E-state index in [4.69, 9.17) is 14.5 Å². The predicted octanol–water partition coefficient (Wildman–Crippen LogP) is 4.49. The largest absolute Gasteiger partial charge is 0.497 e. The maximum Gasteiger partial charge on any atom is 0.129 e. The highest BCUT2D eigenvalue weighted by atomic mass is 32.1. The van der Waals surface area contributed by atoms with Crippen molar-refractivity contribution in [3.8, 4) is 33.3 Å². The number of benzene rings is 2. The molecule has 3 aromatic rings.